The molecule has 4 rings (SSSR count). The second kappa shape index (κ2) is 5.93. The molecule has 2 aromatic carbocycles. The van der Waals surface area contributed by atoms with Crippen LogP contribution < -0.4 is 19.7 Å². The van der Waals surface area contributed by atoms with Crippen LogP contribution in [0.25, 0.3) is 0 Å². The highest BCUT2D eigenvalue weighted by molar-refractivity contribution is 5.91. The summed E-state index contributed by atoms with van der Waals surface area (Å²) in [6, 6.07) is 13.9. The summed E-state index contributed by atoms with van der Waals surface area (Å²) in [5.41, 5.74) is 3.51. The van der Waals surface area contributed by atoms with E-state index in [2.05, 4.69) is 29.6 Å². The van der Waals surface area contributed by atoms with Gasteiger partial charge in [0.15, 0.2) is 18.0 Å². The van der Waals surface area contributed by atoms with Crippen LogP contribution in [0.2, 0.25) is 0 Å². The number of quaternary nitrogens is 1. The maximum absolute atomic E-state index is 12.3. The Morgan fingerprint density at radius 3 is 2.83 bits per heavy atom. The molecule has 5 heteroatoms. The molecule has 0 bridgehead atoms. The van der Waals surface area contributed by atoms with Gasteiger partial charge in [0.2, 0.25) is 6.79 Å². The summed E-state index contributed by atoms with van der Waals surface area (Å²) in [5, 5.41) is 2.95. The highest BCUT2D eigenvalue weighted by Gasteiger charge is 2.22. The van der Waals surface area contributed by atoms with E-state index in [1.807, 2.05) is 12.1 Å². The van der Waals surface area contributed by atoms with Crippen LogP contribution in [0.5, 0.6) is 11.5 Å². The molecule has 2 N–H and O–H groups in total. The lowest BCUT2D eigenvalue weighted by Gasteiger charge is -2.25. The molecule has 1 unspecified atom stereocenters. The van der Waals surface area contributed by atoms with Crippen molar-refractivity contribution in [3.63, 3.8) is 0 Å². The Morgan fingerprint density at radius 2 is 1.91 bits per heavy atom. The average Bonchev–Trinajstić information content (AvgIpc) is 3.02. The molecule has 0 radical (unpaired) electrons. The minimum absolute atomic E-state index is 0.0262. The molecule has 1 atom stereocenters. The third kappa shape index (κ3) is 3.00. The van der Waals surface area contributed by atoms with E-state index in [0.717, 1.165) is 30.9 Å². The lowest BCUT2D eigenvalue weighted by Crippen LogP contribution is -3.12. The van der Waals surface area contributed by atoms with Crippen LogP contribution in [0.4, 0.5) is 5.69 Å². The summed E-state index contributed by atoms with van der Waals surface area (Å²) in [6.45, 7) is 2.61. The van der Waals surface area contributed by atoms with Gasteiger partial charge in [0.05, 0.1) is 6.54 Å². The van der Waals surface area contributed by atoms with E-state index >= 15 is 0 Å². The molecule has 0 spiro atoms. The van der Waals surface area contributed by atoms with Crippen molar-refractivity contribution in [2.24, 2.45) is 0 Å². The predicted octanol–water partition coefficient (Wildman–Crippen LogP) is 0.995. The molecule has 118 valence electrons. The van der Waals surface area contributed by atoms with Crippen molar-refractivity contribution in [3.8, 4) is 11.5 Å². The van der Waals surface area contributed by atoms with E-state index < -0.39 is 0 Å². The number of ether oxygens (including phenoxy) is 2. The Balaban J connectivity index is 1.37. The van der Waals surface area contributed by atoms with Crippen LogP contribution >= 0.6 is 0 Å². The summed E-state index contributed by atoms with van der Waals surface area (Å²) in [7, 11) is 0. The van der Waals surface area contributed by atoms with Crippen molar-refractivity contribution in [2.45, 2.75) is 13.0 Å². The number of carbonyl (C=O) groups excluding carboxylic acids is 1. The van der Waals surface area contributed by atoms with Gasteiger partial charge in [-0.3, -0.25) is 4.79 Å². The topological polar surface area (TPSA) is 52.0 Å². The molecular formula is C18H19N2O3+. The Hall–Kier alpha value is -2.53. The SMILES string of the molecule is O=C(C[NH+]1CCc2ccccc2C1)Nc1ccc2c(c1)OCO2. The largest absolute Gasteiger partial charge is 0.454 e. The molecule has 23 heavy (non-hydrogen) atoms. The fourth-order valence-corrected chi connectivity index (χ4v) is 3.20. The molecule has 2 aliphatic heterocycles. The molecular weight excluding hydrogens is 292 g/mol. The summed E-state index contributed by atoms with van der Waals surface area (Å²) in [6.07, 6.45) is 1.03. The van der Waals surface area contributed by atoms with Crippen LogP contribution in [0.15, 0.2) is 42.5 Å². The second-order valence-electron chi connectivity index (χ2n) is 5.99. The van der Waals surface area contributed by atoms with Crippen molar-refractivity contribution in [1.82, 2.24) is 0 Å². The van der Waals surface area contributed by atoms with Crippen LogP contribution in [0.3, 0.4) is 0 Å². The van der Waals surface area contributed by atoms with E-state index in [4.69, 9.17) is 9.47 Å². The molecule has 0 saturated heterocycles. The van der Waals surface area contributed by atoms with Crippen LogP contribution in [-0.2, 0) is 17.8 Å². The highest BCUT2D eigenvalue weighted by atomic mass is 16.7. The zero-order valence-electron chi connectivity index (χ0n) is 12.8. The molecule has 0 fully saturated rings. The van der Waals surface area contributed by atoms with Gasteiger partial charge in [0.1, 0.15) is 6.54 Å². The smallest absolute Gasteiger partial charge is 0.279 e. The number of hydrogen-bond acceptors (Lipinski definition) is 3. The fraction of sp³-hybridized carbons (Fsp3) is 0.278. The van der Waals surface area contributed by atoms with E-state index in [9.17, 15) is 4.79 Å². The summed E-state index contributed by atoms with van der Waals surface area (Å²) < 4.78 is 10.6. The molecule has 1 amide bonds. The van der Waals surface area contributed by atoms with Gasteiger partial charge in [0, 0.05) is 23.7 Å². The number of amides is 1. The van der Waals surface area contributed by atoms with Crippen LogP contribution in [0, 0.1) is 0 Å². The maximum Gasteiger partial charge on any atom is 0.279 e. The predicted molar refractivity (Wildman–Crippen MR) is 85.7 cm³/mol. The normalized spacial score (nSPS) is 18.3. The van der Waals surface area contributed by atoms with Crippen molar-refractivity contribution in [3.05, 3.63) is 53.6 Å². The second-order valence-corrected chi connectivity index (χ2v) is 5.99. The Kier molecular flexibility index (Phi) is 3.63. The summed E-state index contributed by atoms with van der Waals surface area (Å²) >= 11 is 0. The van der Waals surface area contributed by atoms with Gasteiger partial charge in [0.25, 0.3) is 5.91 Å². The van der Waals surface area contributed by atoms with E-state index in [-0.39, 0.29) is 12.7 Å². The number of hydrogen-bond donors (Lipinski definition) is 2. The van der Waals surface area contributed by atoms with Gasteiger partial charge in [-0.05, 0) is 17.7 Å². The number of carbonyl (C=O) groups is 1. The molecule has 2 aliphatic rings. The third-order valence-electron chi connectivity index (χ3n) is 4.37. The maximum atomic E-state index is 12.3. The van der Waals surface area contributed by atoms with Crippen LogP contribution in [0.1, 0.15) is 11.1 Å². The van der Waals surface area contributed by atoms with Gasteiger partial charge < -0.3 is 19.7 Å². The van der Waals surface area contributed by atoms with Gasteiger partial charge in [-0.1, -0.05) is 24.3 Å². The van der Waals surface area contributed by atoms with E-state index in [1.54, 1.807) is 6.07 Å². The van der Waals surface area contributed by atoms with Crippen LogP contribution in [-0.4, -0.2) is 25.8 Å². The molecule has 2 heterocycles. The minimum atomic E-state index is 0.0262. The molecule has 2 aromatic rings. The van der Waals surface area contributed by atoms with Gasteiger partial charge in [-0.25, -0.2) is 0 Å². The number of rotatable bonds is 3. The van der Waals surface area contributed by atoms with Crippen molar-refractivity contribution in [2.75, 3.05) is 25.2 Å². The van der Waals surface area contributed by atoms with Gasteiger partial charge in [-0.2, -0.15) is 0 Å². The highest BCUT2D eigenvalue weighted by Crippen LogP contribution is 2.34. The lowest BCUT2D eigenvalue weighted by molar-refractivity contribution is -0.907. The summed E-state index contributed by atoms with van der Waals surface area (Å²) in [4.78, 5) is 13.6. The number of nitrogens with one attached hydrogen (secondary N) is 2. The average molecular weight is 311 g/mol. The quantitative estimate of drug-likeness (QED) is 0.889. The number of fused-ring (bicyclic) bond motifs is 2. The van der Waals surface area contributed by atoms with Crippen molar-refractivity contribution in [1.29, 1.82) is 0 Å². The Bertz CT molecular complexity index is 745. The van der Waals surface area contributed by atoms with Crippen molar-refractivity contribution >= 4 is 11.6 Å². The van der Waals surface area contributed by atoms with Gasteiger partial charge >= 0.3 is 0 Å². The lowest BCUT2D eigenvalue weighted by atomic mass is 10.00. The molecule has 0 aromatic heterocycles. The fourth-order valence-electron chi connectivity index (χ4n) is 3.20. The Labute approximate surface area is 134 Å². The number of benzene rings is 2. The van der Waals surface area contributed by atoms with E-state index in [0.29, 0.717) is 12.3 Å². The molecule has 0 saturated carbocycles. The molecule has 0 aliphatic carbocycles. The zero-order chi connectivity index (χ0) is 15.6. The first kappa shape index (κ1) is 14.1. The standard InChI is InChI=1S/C18H18N2O3/c21-18(19-15-5-6-16-17(9-15)23-12-22-16)11-20-8-7-13-3-1-2-4-14(13)10-20/h1-6,9H,7-8,10-12H2,(H,19,21)/p+1. The van der Waals surface area contributed by atoms with Gasteiger partial charge in [-0.15, -0.1) is 0 Å². The first-order valence-corrected chi connectivity index (χ1v) is 7.88. The monoisotopic (exact) mass is 311 g/mol. The zero-order valence-corrected chi connectivity index (χ0v) is 12.8. The van der Waals surface area contributed by atoms with E-state index in [1.165, 1.54) is 16.0 Å². The Morgan fingerprint density at radius 1 is 1.09 bits per heavy atom. The first-order valence-electron chi connectivity index (χ1n) is 7.88. The minimum Gasteiger partial charge on any atom is -0.454 e. The summed E-state index contributed by atoms with van der Waals surface area (Å²) in [5.74, 6) is 1.43. The van der Waals surface area contributed by atoms with Crippen molar-refractivity contribution < 1.29 is 19.2 Å². The number of anilines is 1. The first-order chi connectivity index (χ1) is 11.3. The third-order valence-corrected chi connectivity index (χ3v) is 4.37. The molecule has 5 nitrogen and oxygen atoms in total.